The number of aliphatic carboxylic acids is 3. The van der Waals surface area contributed by atoms with Crippen molar-refractivity contribution in [2.45, 2.75) is 24.4 Å². The Hall–Kier alpha value is -5.68. The van der Waals surface area contributed by atoms with Gasteiger partial charge in [-0.3, -0.25) is 52.1 Å². The second kappa shape index (κ2) is 15.6. The first-order valence-electron chi connectivity index (χ1n) is 15.7. The number of rotatable bonds is 12. The topological polar surface area (TPSA) is 264 Å². The normalized spacial score (nSPS) is 17.2. The van der Waals surface area contributed by atoms with Gasteiger partial charge in [-0.05, 0) is 42.0 Å². The van der Waals surface area contributed by atoms with Gasteiger partial charge >= 0.3 is 17.9 Å². The molecule has 0 saturated carbocycles. The van der Waals surface area contributed by atoms with Crippen LogP contribution in [0.5, 0.6) is 0 Å². The number of anilines is 1. The van der Waals surface area contributed by atoms with Crippen molar-refractivity contribution in [2.24, 2.45) is 0 Å². The lowest BCUT2D eigenvalue weighted by Crippen LogP contribution is -2.36. The number of carboxylic acids is 3. The van der Waals surface area contributed by atoms with Crippen LogP contribution in [-0.2, 0) is 42.4 Å². The molecule has 2 aromatic heterocycles. The highest BCUT2D eigenvalue weighted by Crippen LogP contribution is 2.46. The van der Waals surface area contributed by atoms with Crippen LogP contribution < -0.4 is 26.1 Å². The second-order valence-electron chi connectivity index (χ2n) is 11.6. The fourth-order valence-electron chi connectivity index (χ4n) is 5.64. The molecule has 2 aromatic carbocycles. The average molecular weight is 831 g/mol. The Labute approximate surface area is 320 Å². The minimum Gasteiger partial charge on any atom is -0.480 e. The SMILES string of the molecule is O=C(O)CN1C(=O)S/C(=c2/o/c(=c3/s/c(=C(/C=C4\Sc5ccccc5N4CCCS(=O)(=O)O)c4ccccc4)c(=O)n3CC(=O)O)c(=O)n2CC(=O)O)C1=O. The number of carbonyl (C=O) groups excluding carboxylic acids is 2. The molecule has 4 N–H and O–H groups in total. The summed E-state index contributed by atoms with van der Waals surface area (Å²) in [6.07, 6.45) is 1.67. The predicted octanol–water partition coefficient (Wildman–Crippen LogP) is 0.939. The lowest BCUT2D eigenvalue weighted by Gasteiger charge is -2.20. The van der Waals surface area contributed by atoms with Crippen LogP contribution in [0.25, 0.3) is 10.5 Å². The Balaban J connectivity index is 1.69. The predicted molar refractivity (Wildman–Crippen MR) is 197 cm³/mol. The summed E-state index contributed by atoms with van der Waals surface area (Å²) in [7, 11) is -4.28. The number of nitrogens with zero attached hydrogens (tertiary/aromatic N) is 4. The lowest BCUT2D eigenvalue weighted by atomic mass is 10.1. The number of imide groups is 1. The van der Waals surface area contributed by atoms with E-state index in [4.69, 9.17) is 4.42 Å². The van der Waals surface area contributed by atoms with Crippen molar-refractivity contribution in [3.8, 4) is 0 Å². The summed E-state index contributed by atoms with van der Waals surface area (Å²) in [5.74, 6) is -6.31. The molecule has 4 aromatic rings. The third-order valence-electron chi connectivity index (χ3n) is 7.90. The van der Waals surface area contributed by atoms with Crippen LogP contribution in [0, 0.1) is 10.1 Å². The Morgan fingerprint density at radius 2 is 1.42 bits per heavy atom. The molecule has 0 spiro atoms. The third-order valence-corrected chi connectivity index (χ3v) is 12.0. The quantitative estimate of drug-likeness (QED) is 0.145. The number of fused-ring (bicyclic) bond motifs is 1. The van der Waals surface area contributed by atoms with Crippen molar-refractivity contribution in [3.63, 3.8) is 0 Å². The minimum absolute atomic E-state index is 0.0310. The molecule has 4 heterocycles. The van der Waals surface area contributed by atoms with Gasteiger partial charge in [0.25, 0.3) is 32.4 Å². The summed E-state index contributed by atoms with van der Waals surface area (Å²) < 4.78 is 38.9. The van der Waals surface area contributed by atoms with Crippen LogP contribution in [0.1, 0.15) is 12.0 Å². The zero-order valence-corrected chi connectivity index (χ0v) is 31.1. The molecule has 2 amide bonds. The Morgan fingerprint density at radius 1 is 0.782 bits per heavy atom. The van der Waals surface area contributed by atoms with E-state index in [-0.39, 0.29) is 39.5 Å². The molecule has 18 nitrogen and oxygen atoms in total. The number of hydrogen-bond donors (Lipinski definition) is 4. The number of hydrogen-bond acceptors (Lipinski definition) is 14. The van der Waals surface area contributed by atoms with Gasteiger partial charge in [0.05, 0.1) is 16.5 Å². The summed E-state index contributed by atoms with van der Waals surface area (Å²) in [4.78, 5) is 91.4. The summed E-state index contributed by atoms with van der Waals surface area (Å²) in [6, 6.07) is 15.6. The van der Waals surface area contributed by atoms with Gasteiger partial charge in [0.1, 0.15) is 33.7 Å². The Morgan fingerprint density at radius 3 is 2.07 bits per heavy atom. The molecule has 0 atom stereocenters. The van der Waals surface area contributed by atoms with Crippen molar-refractivity contribution >= 4 is 90.2 Å². The molecule has 55 heavy (non-hydrogen) atoms. The fourth-order valence-corrected chi connectivity index (χ4v) is 9.29. The second-order valence-corrected chi connectivity index (χ2v) is 16.2. The van der Waals surface area contributed by atoms with E-state index in [2.05, 4.69) is 0 Å². The van der Waals surface area contributed by atoms with E-state index in [1.165, 1.54) is 11.8 Å². The largest absolute Gasteiger partial charge is 0.480 e. The molecule has 22 heteroatoms. The van der Waals surface area contributed by atoms with Gasteiger partial charge in [0.15, 0.2) is 0 Å². The molecule has 0 aliphatic carbocycles. The maximum absolute atomic E-state index is 14.3. The zero-order valence-electron chi connectivity index (χ0n) is 27.8. The van der Waals surface area contributed by atoms with Crippen molar-refractivity contribution in [3.05, 3.63) is 112 Å². The summed E-state index contributed by atoms with van der Waals surface area (Å²) in [5.41, 5.74) is -2.10. The van der Waals surface area contributed by atoms with Crippen molar-refractivity contribution in [1.29, 1.82) is 0 Å². The summed E-state index contributed by atoms with van der Waals surface area (Å²) in [5, 5.41) is 28.1. The van der Waals surface area contributed by atoms with Gasteiger partial charge in [0, 0.05) is 17.0 Å². The van der Waals surface area contributed by atoms with Gasteiger partial charge in [-0.25, -0.2) is 0 Å². The number of benzene rings is 2. The van der Waals surface area contributed by atoms with Crippen molar-refractivity contribution in [2.75, 3.05) is 23.7 Å². The molecule has 2 aliphatic heterocycles. The molecule has 0 radical (unpaired) electrons. The number of para-hydroxylation sites is 1. The molecule has 286 valence electrons. The monoisotopic (exact) mass is 830 g/mol. The smallest absolute Gasteiger partial charge is 0.323 e. The molecule has 2 aliphatic rings. The van der Waals surface area contributed by atoms with E-state index in [1.807, 2.05) is 6.07 Å². The van der Waals surface area contributed by atoms with Gasteiger partial charge in [-0.2, -0.15) is 8.42 Å². The number of amides is 2. The number of allylic oxidation sites excluding steroid dienone is 1. The van der Waals surface area contributed by atoms with E-state index < -0.39 is 91.5 Å². The molecule has 0 bridgehead atoms. The van der Waals surface area contributed by atoms with E-state index in [1.54, 1.807) is 59.5 Å². The molecule has 0 unspecified atom stereocenters. The van der Waals surface area contributed by atoms with Crippen LogP contribution in [0.15, 0.2) is 84.6 Å². The first kappa shape index (κ1) is 39.0. The maximum atomic E-state index is 14.3. The highest BCUT2D eigenvalue weighted by molar-refractivity contribution is 8.22. The van der Waals surface area contributed by atoms with Crippen LogP contribution in [0.4, 0.5) is 10.5 Å². The zero-order chi connectivity index (χ0) is 39.8. The molecule has 6 rings (SSSR count). The van der Waals surface area contributed by atoms with Crippen LogP contribution in [0.3, 0.4) is 0 Å². The number of oxazole rings is 1. The van der Waals surface area contributed by atoms with Crippen LogP contribution >= 0.6 is 34.9 Å². The molecule has 1 fully saturated rings. The van der Waals surface area contributed by atoms with Crippen molar-refractivity contribution < 1.29 is 56.7 Å². The number of carbonyl (C=O) groups is 5. The lowest BCUT2D eigenvalue weighted by molar-refractivity contribution is -0.140. The first-order valence-corrected chi connectivity index (χ1v) is 19.8. The van der Waals surface area contributed by atoms with Gasteiger partial charge in [-0.1, -0.05) is 54.2 Å². The van der Waals surface area contributed by atoms with Crippen LogP contribution in [0.2, 0.25) is 0 Å². The fraction of sp³-hybridized carbons (Fsp3) is 0.182. The van der Waals surface area contributed by atoms with Crippen molar-refractivity contribution in [1.82, 2.24) is 14.0 Å². The highest BCUT2D eigenvalue weighted by atomic mass is 32.2. The Kier molecular flexibility index (Phi) is 11.1. The first-order chi connectivity index (χ1) is 26.0. The number of aromatic nitrogens is 2. The molecular formula is C33H26N4O14S4. The van der Waals surface area contributed by atoms with E-state index in [9.17, 15) is 61.9 Å². The minimum atomic E-state index is -4.28. The third kappa shape index (κ3) is 8.22. The van der Waals surface area contributed by atoms with E-state index >= 15 is 0 Å². The number of carboxylic acid groups (broad SMARTS) is 3. The van der Waals surface area contributed by atoms with Crippen LogP contribution in [-0.4, -0.2) is 90.2 Å². The van der Waals surface area contributed by atoms with Gasteiger partial charge in [-0.15, -0.1) is 11.3 Å². The van der Waals surface area contributed by atoms with Gasteiger partial charge in [0.2, 0.25) is 11.0 Å². The number of thiazole rings is 1. The molecule has 1 saturated heterocycles. The molecular weight excluding hydrogens is 805 g/mol. The summed E-state index contributed by atoms with van der Waals surface area (Å²) >= 11 is 2.13. The Bertz CT molecular complexity index is 2790. The van der Waals surface area contributed by atoms with Gasteiger partial charge < -0.3 is 24.6 Å². The number of thioether (sulfide) groups is 2. The van der Waals surface area contributed by atoms with E-state index in [0.29, 0.717) is 31.4 Å². The van der Waals surface area contributed by atoms with E-state index in [0.717, 1.165) is 15.1 Å². The maximum Gasteiger partial charge on any atom is 0.323 e. The average Bonchev–Trinajstić information content (AvgIpc) is 3.81. The standard InChI is InChI=1S/C33H26N4O14S4/c38-22(39)14-35-28(44)25(51-31(35)27-30(46)37(16-24(42)43)33(47)54-27)32-36(15-23(40)41)29(45)26(53-32)18(17-7-2-1-3-8-17)13-21-34(11-6-12-55(48,49)50)19-9-4-5-10-20(19)52-21/h1-5,7-10,13H,6,11-12,14-16H2,(H,38,39)(H,40,41)(H,42,43)(H,48,49,50)/b21-13-,26-18-,31-27+,32-25+. The highest BCUT2D eigenvalue weighted by Gasteiger charge is 2.39. The summed E-state index contributed by atoms with van der Waals surface area (Å²) in [6.45, 7) is -2.99.